The number of aromatic nitrogens is 2. The molecule has 0 amide bonds. The quantitative estimate of drug-likeness (QED) is 0.843. The molecule has 0 aliphatic carbocycles. The normalized spacial score (nSPS) is 11.2. The molecule has 0 saturated carbocycles. The van der Waals surface area contributed by atoms with Crippen molar-refractivity contribution in [3.8, 4) is 0 Å². The number of benzene rings is 1. The summed E-state index contributed by atoms with van der Waals surface area (Å²) in [6.45, 7) is 5.67. The van der Waals surface area contributed by atoms with Crippen LogP contribution in [0.15, 0.2) is 24.3 Å². The first kappa shape index (κ1) is 14.0. The second-order valence-corrected chi connectivity index (χ2v) is 5.00. The summed E-state index contributed by atoms with van der Waals surface area (Å²) in [4.78, 5) is 2.18. The monoisotopic (exact) mass is 279 g/mol. The maximum Gasteiger partial charge on any atom is 0.159 e. The first-order valence-electron chi connectivity index (χ1n) is 6.31. The van der Waals surface area contributed by atoms with Gasteiger partial charge in [0.2, 0.25) is 0 Å². The largest absolute Gasteiger partial charge is 0.383 e. The Bertz CT molecular complexity index is 559. The predicted molar refractivity (Wildman–Crippen MR) is 78.9 cm³/mol. The van der Waals surface area contributed by atoms with Gasteiger partial charge in [-0.3, -0.25) is 0 Å². The second-order valence-electron chi connectivity index (χ2n) is 4.64. The van der Waals surface area contributed by atoms with Gasteiger partial charge in [0, 0.05) is 30.5 Å². The summed E-state index contributed by atoms with van der Waals surface area (Å²) in [5.41, 5.74) is 0. The summed E-state index contributed by atoms with van der Waals surface area (Å²) in [5, 5.41) is 10.7. The van der Waals surface area contributed by atoms with E-state index in [1.807, 2.05) is 24.3 Å². The minimum absolute atomic E-state index is 0.314. The SMILES string of the molecule is COCCN(c1nnc(Cl)c2ccccc12)C(C)C. The van der Waals surface area contributed by atoms with Gasteiger partial charge in [0.05, 0.1) is 6.61 Å². The molecule has 0 aliphatic rings. The summed E-state index contributed by atoms with van der Waals surface area (Å²) >= 11 is 6.10. The molecule has 19 heavy (non-hydrogen) atoms. The molecule has 0 atom stereocenters. The molecule has 0 saturated heterocycles. The lowest BCUT2D eigenvalue weighted by atomic mass is 10.1. The molecule has 4 nitrogen and oxygen atoms in total. The third-order valence-electron chi connectivity index (χ3n) is 3.05. The highest BCUT2D eigenvalue weighted by Gasteiger charge is 2.16. The van der Waals surface area contributed by atoms with E-state index in [2.05, 4.69) is 28.9 Å². The van der Waals surface area contributed by atoms with Crippen LogP contribution in [0.1, 0.15) is 13.8 Å². The van der Waals surface area contributed by atoms with Crippen molar-refractivity contribution in [1.82, 2.24) is 10.2 Å². The van der Waals surface area contributed by atoms with Crippen LogP contribution >= 0.6 is 11.6 Å². The van der Waals surface area contributed by atoms with E-state index in [1.165, 1.54) is 0 Å². The molecule has 2 rings (SSSR count). The Hall–Kier alpha value is -1.39. The van der Waals surface area contributed by atoms with Crippen LogP contribution in [0.4, 0.5) is 5.82 Å². The van der Waals surface area contributed by atoms with E-state index in [-0.39, 0.29) is 0 Å². The van der Waals surface area contributed by atoms with E-state index < -0.39 is 0 Å². The van der Waals surface area contributed by atoms with Crippen LogP contribution in [-0.2, 0) is 4.74 Å². The van der Waals surface area contributed by atoms with E-state index in [9.17, 15) is 0 Å². The Morgan fingerprint density at radius 3 is 2.53 bits per heavy atom. The first-order valence-corrected chi connectivity index (χ1v) is 6.69. The Morgan fingerprint density at radius 2 is 1.89 bits per heavy atom. The fourth-order valence-electron chi connectivity index (χ4n) is 2.07. The summed E-state index contributed by atoms with van der Waals surface area (Å²) < 4.78 is 5.16. The van der Waals surface area contributed by atoms with E-state index in [1.54, 1.807) is 7.11 Å². The van der Waals surface area contributed by atoms with Crippen molar-refractivity contribution in [2.24, 2.45) is 0 Å². The lowest BCUT2D eigenvalue weighted by molar-refractivity contribution is 0.203. The minimum Gasteiger partial charge on any atom is -0.383 e. The predicted octanol–water partition coefficient (Wildman–Crippen LogP) is 3.14. The topological polar surface area (TPSA) is 38.2 Å². The molecule has 1 aromatic carbocycles. The van der Waals surface area contributed by atoms with Gasteiger partial charge in [-0.15, -0.1) is 10.2 Å². The number of halogens is 1. The number of rotatable bonds is 5. The molecule has 1 heterocycles. The third-order valence-corrected chi connectivity index (χ3v) is 3.33. The highest BCUT2D eigenvalue weighted by molar-refractivity contribution is 6.34. The number of hydrogen-bond donors (Lipinski definition) is 0. The average molecular weight is 280 g/mol. The standard InChI is InChI=1S/C14H18ClN3O/c1-10(2)18(8-9-19-3)14-12-7-5-4-6-11(12)13(15)16-17-14/h4-7,10H,8-9H2,1-3H3. The summed E-state index contributed by atoms with van der Waals surface area (Å²) in [7, 11) is 1.70. The van der Waals surface area contributed by atoms with Gasteiger partial charge in [-0.2, -0.15) is 0 Å². The highest BCUT2D eigenvalue weighted by atomic mass is 35.5. The Morgan fingerprint density at radius 1 is 1.21 bits per heavy atom. The van der Waals surface area contributed by atoms with Crippen LogP contribution in [0.2, 0.25) is 5.15 Å². The number of anilines is 1. The van der Waals surface area contributed by atoms with Gasteiger partial charge in [0.25, 0.3) is 0 Å². The second kappa shape index (κ2) is 6.17. The molecule has 0 N–H and O–H groups in total. The number of fused-ring (bicyclic) bond motifs is 1. The van der Waals surface area contributed by atoms with Gasteiger partial charge >= 0.3 is 0 Å². The minimum atomic E-state index is 0.314. The number of methoxy groups -OCH3 is 1. The van der Waals surface area contributed by atoms with Crippen molar-refractivity contribution in [2.75, 3.05) is 25.2 Å². The van der Waals surface area contributed by atoms with Gasteiger partial charge in [-0.1, -0.05) is 35.9 Å². The van der Waals surface area contributed by atoms with Crippen molar-refractivity contribution < 1.29 is 4.74 Å². The molecule has 0 bridgehead atoms. The maximum absolute atomic E-state index is 6.10. The van der Waals surface area contributed by atoms with Crippen molar-refractivity contribution in [3.05, 3.63) is 29.4 Å². The number of hydrogen-bond acceptors (Lipinski definition) is 4. The lowest BCUT2D eigenvalue weighted by Gasteiger charge is -2.28. The molecular weight excluding hydrogens is 262 g/mol. The molecule has 0 aliphatic heterocycles. The Balaban J connectivity index is 2.50. The van der Waals surface area contributed by atoms with Crippen molar-refractivity contribution in [3.63, 3.8) is 0 Å². The van der Waals surface area contributed by atoms with Crippen molar-refractivity contribution in [2.45, 2.75) is 19.9 Å². The molecule has 0 fully saturated rings. The van der Waals surface area contributed by atoms with Crippen molar-refractivity contribution >= 4 is 28.2 Å². The Kier molecular flexibility index (Phi) is 4.56. The van der Waals surface area contributed by atoms with Gasteiger partial charge < -0.3 is 9.64 Å². The lowest BCUT2D eigenvalue weighted by Crippen LogP contribution is -2.34. The molecule has 0 spiro atoms. The first-order chi connectivity index (χ1) is 9.15. The summed E-state index contributed by atoms with van der Waals surface area (Å²) in [5.74, 6) is 0.854. The molecule has 0 radical (unpaired) electrons. The van der Waals surface area contributed by atoms with Crippen LogP contribution in [0, 0.1) is 0 Å². The van der Waals surface area contributed by atoms with Gasteiger partial charge in [-0.25, -0.2) is 0 Å². The molecule has 0 unspecified atom stereocenters. The molecule has 1 aromatic heterocycles. The molecule has 2 aromatic rings. The van der Waals surface area contributed by atoms with E-state index in [0.29, 0.717) is 17.8 Å². The smallest absolute Gasteiger partial charge is 0.159 e. The fourth-order valence-corrected chi connectivity index (χ4v) is 2.27. The number of nitrogens with zero attached hydrogens (tertiary/aromatic N) is 3. The molecular formula is C14H18ClN3O. The van der Waals surface area contributed by atoms with Crippen molar-refractivity contribution in [1.29, 1.82) is 0 Å². The van der Waals surface area contributed by atoms with E-state index in [0.717, 1.165) is 23.1 Å². The van der Waals surface area contributed by atoms with Gasteiger partial charge in [-0.05, 0) is 13.8 Å². The Labute approximate surface area is 118 Å². The van der Waals surface area contributed by atoms with Crippen LogP contribution in [0.5, 0.6) is 0 Å². The van der Waals surface area contributed by atoms with Crippen LogP contribution in [0.25, 0.3) is 10.8 Å². The van der Waals surface area contributed by atoms with Gasteiger partial charge in [0.15, 0.2) is 11.0 Å². The van der Waals surface area contributed by atoms with E-state index >= 15 is 0 Å². The zero-order chi connectivity index (χ0) is 13.8. The van der Waals surface area contributed by atoms with Crippen LogP contribution in [0.3, 0.4) is 0 Å². The summed E-state index contributed by atoms with van der Waals surface area (Å²) in [6, 6.07) is 8.24. The van der Waals surface area contributed by atoms with Crippen LogP contribution < -0.4 is 4.90 Å². The molecule has 102 valence electrons. The van der Waals surface area contributed by atoms with E-state index in [4.69, 9.17) is 16.3 Å². The highest BCUT2D eigenvalue weighted by Crippen LogP contribution is 2.28. The zero-order valence-electron chi connectivity index (χ0n) is 11.4. The third kappa shape index (κ3) is 2.96. The van der Waals surface area contributed by atoms with Gasteiger partial charge in [0.1, 0.15) is 0 Å². The maximum atomic E-state index is 6.10. The zero-order valence-corrected chi connectivity index (χ0v) is 12.2. The fraction of sp³-hybridized carbons (Fsp3) is 0.429. The van der Waals surface area contributed by atoms with Crippen LogP contribution in [-0.4, -0.2) is 36.5 Å². The molecule has 5 heteroatoms. The number of ether oxygens (including phenoxy) is 1. The average Bonchev–Trinajstić information content (AvgIpc) is 2.41. The summed E-state index contributed by atoms with van der Waals surface area (Å²) in [6.07, 6.45) is 0.